The Labute approximate surface area is 137 Å². The zero-order chi connectivity index (χ0) is 15.2. The van der Waals surface area contributed by atoms with Crippen LogP contribution >= 0.6 is 27.5 Å². The summed E-state index contributed by atoms with van der Waals surface area (Å²) < 4.78 is 6.09. The van der Waals surface area contributed by atoms with Crippen LogP contribution in [-0.2, 0) is 6.42 Å². The van der Waals surface area contributed by atoms with Gasteiger partial charge in [-0.15, -0.1) is 0 Å². The highest BCUT2D eigenvalue weighted by atomic mass is 79.9. The first-order valence-corrected chi connectivity index (χ1v) is 7.63. The molecule has 0 spiro atoms. The summed E-state index contributed by atoms with van der Waals surface area (Å²) in [6.45, 7) is 0.555. The summed E-state index contributed by atoms with van der Waals surface area (Å²) in [6, 6.07) is 12.9. The first-order valence-electron chi connectivity index (χ1n) is 6.46. The Morgan fingerprint density at radius 1 is 1.24 bits per heavy atom. The molecule has 0 heterocycles. The quantitative estimate of drug-likeness (QED) is 0.863. The Morgan fingerprint density at radius 2 is 1.95 bits per heavy atom. The molecule has 1 N–H and O–H groups in total. The number of methoxy groups -OCH3 is 1. The van der Waals surface area contributed by atoms with Gasteiger partial charge < -0.3 is 10.1 Å². The van der Waals surface area contributed by atoms with Crippen molar-refractivity contribution in [1.29, 1.82) is 0 Å². The van der Waals surface area contributed by atoms with E-state index >= 15 is 0 Å². The first kappa shape index (κ1) is 15.9. The van der Waals surface area contributed by atoms with Crippen LogP contribution in [0.4, 0.5) is 0 Å². The van der Waals surface area contributed by atoms with E-state index in [1.54, 1.807) is 19.2 Å². The molecule has 0 aliphatic rings. The minimum atomic E-state index is -0.145. The van der Waals surface area contributed by atoms with E-state index < -0.39 is 0 Å². The smallest absolute Gasteiger partial charge is 0.255 e. The van der Waals surface area contributed by atoms with Crippen molar-refractivity contribution in [3.05, 3.63) is 63.1 Å². The van der Waals surface area contributed by atoms with Gasteiger partial charge in [0, 0.05) is 16.0 Å². The fourth-order valence-electron chi connectivity index (χ4n) is 1.92. The summed E-state index contributed by atoms with van der Waals surface area (Å²) >= 11 is 9.19. The highest BCUT2D eigenvalue weighted by Gasteiger charge is 2.11. The van der Waals surface area contributed by atoms with Crippen LogP contribution in [0.25, 0.3) is 0 Å². The monoisotopic (exact) mass is 367 g/mol. The molecule has 0 saturated carbocycles. The number of halogens is 2. The lowest BCUT2D eigenvalue weighted by molar-refractivity contribution is 0.0951. The van der Waals surface area contributed by atoms with Gasteiger partial charge in [0.05, 0.1) is 12.7 Å². The van der Waals surface area contributed by atoms with Crippen molar-refractivity contribution >= 4 is 33.4 Å². The Balaban J connectivity index is 1.94. The van der Waals surface area contributed by atoms with E-state index in [-0.39, 0.29) is 5.91 Å². The maximum absolute atomic E-state index is 12.2. The lowest BCUT2D eigenvalue weighted by atomic mass is 10.1. The van der Waals surface area contributed by atoms with Crippen molar-refractivity contribution in [2.75, 3.05) is 13.7 Å². The molecule has 2 aromatic carbocycles. The highest BCUT2D eigenvalue weighted by Crippen LogP contribution is 2.23. The molecule has 21 heavy (non-hydrogen) atoms. The van der Waals surface area contributed by atoms with Gasteiger partial charge in [-0.3, -0.25) is 4.79 Å². The Morgan fingerprint density at radius 3 is 2.62 bits per heavy atom. The largest absolute Gasteiger partial charge is 0.496 e. The van der Waals surface area contributed by atoms with Crippen molar-refractivity contribution in [3.8, 4) is 5.75 Å². The summed E-state index contributed by atoms with van der Waals surface area (Å²) in [5.41, 5.74) is 1.65. The summed E-state index contributed by atoms with van der Waals surface area (Å²) in [6.07, 6.45) is 0.752. The highest BCUT2D eigenvalue weighted by molar-refractivity contribution is 9.10. The van der Waals surface area contributed by atoms with Gasteiger partial charge in [0.2, 0.25) is 0 Å². The van der Waals surface area contributed by atoms with Gasteiger partial charge in [-0.2, -0.15) is 0 Å². The zero-order valence-electron chi connectivity index (χ0n) is 11.5. The molecule has 5 heteroatoms. The molecule has 0 saturated heterocycles. The lowest BCUT2D eigenvalue weighted by Crippen LogP contribution is -2.26. The SMILES string of the molecule is COc1cc(Br)ccc1C(=O)NCCc1ccc(Cl)cc1. The average molecular weight is 369 g/mol. The van der Waals surface area contributed by atoms with E-state index in [0.29, 0.717) is 22.9 Å². The van der Waals surface area contributed by atoms with Crippen LogP contribution < -0.4 is 10.1 Å². The fourth-order valence-corrected chi connectivity index (χ4v) is 2.39. The lowest BCUT2D eigenvalue weighted by Gasteiger charge is -2.10. The van der Waals surface area contributed by atoms with E-state index in [2.05, 4.69) is 21.2 Å². The molecule has 0 fully saturated rings. The molecular weight excluding hydrogens is 354 g/mol. The number of hydrogen-bond acceptors (Lipinski definition) is 2. The second-order valence-electron chi connectivity index (χ2n) is 4.48. The summed E-state index contributed by atoms with van der Waals surface area (Å²) in [7, 11) is 1.55. The topological polar surface area (TPSA) is 38.3 Å². The van der Waals surface area contributed by atoms with Gasteiger partial charge in [0.25, 0.3) is 5.91 Å². The van der Waals surface area contributed by atoms with Gasteiger partial charge in [-0.1, -0.05) is 39.7 Å². The van der Waals surface area contributed by atoms with Gasteiger partial charge in [0.1, 0.15) is 5.75 Å². The molecule has 0 atom stereocenters. The van der Waals surface area contributed by atoms with Crippen LogP contribution in [-0.4, -0.2) is 19.6 Å². The number of carbonyl (C=O) groups excluding carboxylic acids is 1. The number of amides is 1. The third-order valence-electron chi connectivity index (χ3n) is 3.02. The maximum Gasteiger partial charge on any atom is 0.255 e. The maximum atomic E-state index is 12.2. The second-order valence-corrected chi connectivity index (χ2v) is 5.83. The zero-order valence-corrected chi connectivity index (χ0v) is 13.9. The fraction of sp³-hybridized carbons (Fsp3) is 0.188. The van der Waals surface area contributed by atoms with Crippen molar-refractivity contribution in [2.24, 2.45) is 0 Å². The molecule has 0 aliphatic heterocycles. The summed E-state index contributed by atoms with van der Waals surface area (Å²) in [5, 5.41) is 3.60. The van der Waals surface area contributed by atoms with Gasteiger partial charge in [0.15, 0.2) is 0 Å². The van der Waals surface area contributed by atoms with Crippen molar-refractivity contribution in [1.82, 2.24) is 5.32 Å². The average Bonchev–Trinajstić information content (AvgIpc) is 2.49. The number of ether oxygens (including phenoxy) is 1. The molecule has 2 rings (SSSR count). The normalized spacial score (nSPS) is 10.2. The first-order chi connectivity index (χ1) is 10.1. The molecule has 3 nitrogen and oxygen atoms in total. The summed E-state index contributed by atoms with van der Waals surface area (Å²) in [5.74, 6) is 0.404. The van der Waals surface area contributed by atoms with E-state index in [9.17, 15) is 4.79 Å². The third-order valence-corrected chi connectivity index (χ3v) is 3.77. The Kier molecular flexibility index (Phi) is 5.65. The predicted molar refractivity (Wildman–Crippen MR) is 88.2 cm³/mol. The molecule has 0 aromatic heterocycles. The van der Waals surface area contributed by atoms with E-state index in [0.717, 1.165) is 16.5 Å². The molecule has 0 radical (unpaired) electrons. The minimum Gasteiger partial charge on any atom is -0.496 e. The molecular formula is C16H15BrClNO2. The Hall–Kier alpha value is -1.52. The van der Waals surface area contributed by atoms with Crippen molar-refractivity contribution < 1.29 is 9.53 Å². The van der Waals surface area contributed by atoms with Crippen LogP contribution in [0.5, 0.6) is 5.75 Å². The predicted octanol–water partition coefficient (Wildman–Crippen LogP) is 4.08. The van der Waals surface area contributed by atoms with Crippen LogP contribution in [0.3, 0.4) is 0 Å². The van der Waals surface area contributed by atoms with Crippen LogP contribution in [0.15, 0.2) is 46.9 Å². The van der Waals surface area contributed by atoms with Crippen LogP contribution in [0.1, 0.15) is 15.9 Å². The number of nitrogens with one attached hydrogen (secondary N) is 1. The Bertz CT molecular complexity index is 629. The molecule has 110 valence electrons. The molecule has 0 bridgehead atoms. The van der Waals surface area contributed by atoms with Crippen molar-refractivity contribution in [3.63, 3.8) is 0 Å². The van der Waals surface area contributed by atoms with Crippen molar-refractivity contribution in [2.45, 2.75) is 6.42 Å². The standard InChI is InChI=1S/C16H15BrClNO2/c1-21-15-10-12(17)4-7-14(15)16(20)19-9-8-11-2-5-13(18)6-3-11/h2-7,10H,8-9H2,1H3,(H,19,20). The molecule has 1 amide bonds. The number of benzene rings is 2. The number of hydrogen-bond donors (Lipinski definition) is 1. The molecule has 2 aromatic rings. The minimum absolute atomic E-state index is 0.145. The van der Waals surface area contributed by atoms with E-state index in [1.807, 2.05) is 30.3 Å². The summed E-state index contributed by atoms with van der Waals surface area (Å²) in [4.78, 5) is 12.2. The number of rotatable bonds is 5. The van der Waals surface area contributed by atoms with Crippen LogP contribution in [0, 0.1) is 0 Å². The van der Waals surface area contributed by atoms with Gasteiger partial charge in [-0.25, -0.2) is 0 Å². The molecule has 0 aliphatic carbocycles. The second kappa shape index (κ2) is 7.48. The van der Waals surface area contributed by atoms with Gasteiger partial charge in [-0.05, 0) is 42.3 Å². The van der Waals surface area contributed by atoms with Crippen LogP contribution in [0.2, 0.25) is 5.02 Å². The number of carbonyl (C=O) groups is 1. The van der Waals surface area contributed by atoms with E-state index in [1.165, 1.54) is 0 Å². The van der Waals surface area contributed by atoms with E-state index in [4.69, 9.17) is 16.3 Å². The molecule has 0 unspecified atom stereocenters. The third kappa shape index (κ3) is 4.48. The van der Waals surface area contributed by atoms with Gasteiger partial charge >= 0.3 is 0 Å².